The summed E-state index contributed by atoms with van der Waals surface area (Å²) in [5.41, 5.74) is 0. The van der Waals surface area contributed by atoms with Gasteiger partial charge in [0.2, 0.25) is 10.0 Å². The van der Waals surface area contributed by atoms with Gasteiger partial charge in [-0.3, -0.25) is 0 Å². The normalized spacial score (nSPS) is 11.8. The predicted molar refractivity (Wildman–Crippen MR) is 50.0 cm³/mol. The fraction of sp³-hybridized carbons (Fsp3) is 1.00. The molecule has 0 aliphatic carbocycles. The fourth-order valence-corrected chi connectivity index (χ4v) is 1.85. The maximum Gasteiger partial charge on any atom is 0.211 e. The number of rotatable bonds is 8. The molecule has 2 N–H and O–H groups in total. The van der Waals surface area contributed by atoms with E-state index in [0.717, 1.165) is 0 Å². The monoisotopic (exact) mass is 211 g/mol. The van der Waals surface area contributed by atoms with Crippen molar-refractivity contribution in [2.75, 3.05) is 32.1 Å². The van der Waals surface area contributed by atoms with E-state index in [1.54, 1.807) is 0 Å². The molecule has 0 saturated heterocycles. The maximum atomic E-state index is 11.0. The molecule has 0 atom stereocenters. The quantitative estimate of drug-likeness (QED) is 0.522. The van der Waals surface area contributed by atoms with E-state index in [1.165, 1.54) is 0 Å². The van der Waals surface area contributed by atoms with Crippen molar-refractivity contribution in [3.05, 3.63) is 0 Å². The lowest BCUT2D eigenvalue weighted by Crippen LogP contribution is -2.29. The highest BCUT2D eigenvalue weighted by Crippen LogP contribution is 1.87. The molecule has 0 aliphatic heterocycles. The molecule has 0 spiro atoms. The Labute approximate surface area is 79.1 Å². The van der Waals surface area contributed by atoms with Gasteiger partial charge in [0.1, 0.15) is 0 Å². The summed E-state index contributed by atoms with van der Waals surface area (Å²) < 4.78 is 29.4. The number of nitrogens with one attached hydrogen (secondary N) is 1. The van der Waals surface area contributed by atoms with E-state index in [9.17, 15) is 8.42 Å². The smallest absolute Gasteiger partial charge is 0.211 e. The molecule has 0 aliphatic rings. The number of sulfonamides is 1. The van der Waals surface area contributed by atoms with Crippen molar-refractivity contribution in [3.8, 4) is 0 Å². The van der Waals surface area contributed by atoms with Crippen LogP contribution >= 0.6 is 0 Å². The summed E-state index contributed by atoms with van der Waals surface area (Å²) in [6, 6.07) is 0. The molecule has 0 heterocycles. The molecule has 5 nitrogen and oxygen atoms in total. The van der Waals surface area contributed by atoms with Gasteiger partial charge in [0.25, 0.3) is 0 Å². The topological polar surface area (TPSA) is 75.6 Å². The lowest BCUT2D eigenvalue weighted by atomic mass is 10.6. The second-order valence-electron chi connectivity index (χ2n) is 2.55. The third kappa shape index (κ3) is 8.17. The van der Waals surface area contributed by atoms with Crippen molar-refractivity contribution in [2.24, 2.45) is 0 Å². The number of aliphatic hydroxyl groups excluding tert-OH is 1. The second-order valence-corrected chi connectivity index (χ2v) is 4.48. The van der Waals surface area contributed by atoms with E-state index in [1.807, 2.05) is 6.92 Å². The van der Waals surface area contributed by atoms with Crippen LogP contribution in [0.15, 0.2) is 0 Å². The molecule has 0 aromatic heterocycles. The van der Waals surface area contributed by atoms with Gasteiger partial charge < -0.3 is 9.84 Å². The minimum atomic E-state index is -3.11. The van der Waals surface area contributed by atoms with Crippen LogP contribution in [0.25, 0.3) is 0 Å². The van der Waals surface area contributed by atoms with Crippen LogP contribution < -0.4 is 4.72 Å². The molecule has 0 fully saturated rings. The van der Waals surface area contributed by atoms with E-state index in [-0.39, 0.29) is 25.5 Å². The Morgan fingerprint density at radius 2 is 2.08 bits per heavy atom. The first-order valence-electron chi connectivity index (χ1n) is 4.28. The predicted octanol–water partition coefficient (Wildman–Crippen LogP) is -0.675. The summed E-state index contributed by atoms with van der Waals surface area (Å²) in [6.07, 6.45) is 0.604. The Hall–Kier alpha value is -0.170. The van der Waals surface area contributed by atoms with E-state index >= 15 is 0 Å². The summed E-state index contributed by atoms with van der Waals surface area (Å²) in [6.45, 7) is 2.57. The first-order chi connectivity index (χ1) is 6.12. The highest BCUT2D eigenvalue weighted by molar-refractivity contribution is 7.89. The van der Waals surface area contributed by atoms with Gasteiger partial charge in [0.05, 0.1) is 25.6 Å². The molecule has 0 saturated carbocycles. The van der Waals surface area contributed by atoms with Gasteiger partial charge in [-0.05, 0) is 6.42 Å². The minimum absolute atomic E-state index is 0.0400. The lowest BCUT2D eigenvalue weighted by Gasteiger charge is -2.05. The van der Waals surface area contributed by atoms with E-state index in [0.29, 0.717) is 13.0 Å². The van der Waals surface area contributed by atoms with Crippen molar-refractivity contribution >= 4 is 10.0 Å². The van der Waals surface area contributed by atoms with Crippen molar-refractivity contribution < 1.29 is 18.3 Å². The molecule has 13 heavy (non-hydrogen) atoms. The van der Waals surface area contributed by atoms with Crippen LogP contribution in [0, 0.1) is 0 Å². The van der Waals surface area contributed by atoms with Gasteiger partial charge >= 0.3 is 0 Å². The molecule has 0 amide bonds. The van der Waals surface area contributed by atoms with Crippen molar-refractivity contribution in [2.45, 2.75) is 13.3 Å². The molecule has 6 heteroatoms. The Morgan fingerprint density at radius 1 is 1.38 bits per heavy atom. The third-order valence-corrected chi connectivity index (χ3v) is 2.87. The van der Waals surface area contributed by atoms with Crippen LogP contribution in [0.5, 0.6) is 0 Å². The van der Waals surface area contributed by atoms with Crippen molar-refractivity contribution in [1.82, 2.24) is 4.72 Å². The summed E-state index contributed by atoms with van der Waals surface area (Å²) in [5, 5.41) is 8.35. The molecular weight excluding hydrogens is 194 g/mol. The number of ether oxygens (including phenoxy) is 1. The molecule has 0 radical (unpaired) electrons. The Bertz CT molecular complexity index is 203. The molecule has 0 aromatic carbocycles. The van der Waals surface area contributed by atoms with Crippen LogP contribution in [0.2, 0.25) is 0 Å². The van der Waals surface area contributed by atoms with Gasteiger partial charge in [-0.2, -0.15) is 0 Å². The third-order valence-electron chi connectivity index (χ3n) is 1.28. The summed E-state index contributed by atoms with van der Waals surface area (Å²) in [4.78, 5) is 0. The molecular formula is C7H17NO4S. The second kappa shape index (κ2) is 7.25. The largest absolute Gasteiger partial charge is 0.394 e. The number of hydrogen-bond acceptors (Lipinski definition) is 4. The van der Waals surface area contributed by atoms with Crippen LogP contribution in [-0.2, 0) is 14.8 Å². The molecule has 0 bridgehead atoms. The zero-order chi connectivity index (χ0) is 10.2. The van der Waals surface area contributed by atoms with Crippen LogP contribution in [-0.4, -0.2) is 45.6 Å². The zero-order valence-electron chi connectivity index (χ0n) is 7.82. The Balaban J connectivity index is 3.41. The van der Waals surface area contributed by atoms with Gasteiger partial charge in [0, 0.05) is 6.54 Å². The highest BCUT2D eigenvalue weighted by atomic mass is 32.2. The first kappa shape index (κ1) is 12.8. The van der Waals surface area contributed by atoms with Crippen LogP contribution in [0.3, 0.4) is 0 Å². The van der Waals surface area contributed by atoms with Gasteiger partial charge in [0.15, 0.2) is 0 Å². The maximum absolute atomic E-state index is 11.0. The Kier molecular flexibility index (Phi) is 7.16. The van der Waals surface area contributed by atoms with E-state index in [4.69, 9.17) is 9.84 Å². The first-order valence-corrected chi connectivity index (χ1v) is 5.93. The Morgan fingerprint density at radius 3 is 2.62 bits per heavy atom. The zero-order valence-corrected chi connectivity index (χ0v) is 8.64. The standard InChI is InChI=1S/C7H17NO4S/c1-2-7-13(10,11)8-3-5-12-6-4-9/h8-9H,2-7H2,1H3. The molecule has 0 aromatic rings. The van der Waals surface area contributed by atoms with Crippen molar-refractivity contribution in [3.63, 3.8) is 0 Å². The number of hydrogen-bond donors (Lipinski definition) is 2. The molecule has 80 valence electrons. The van der Waals surface area contributed by atoms with Gasteiger partial charge in [-0.25, -0.2) is 13.1 Å². The molecule has 0 unspecified atom stereocenters. The average molecular weight is 211 g/mol. The summed E-state index contributed by atoms with van der Waals surface area (Å²) in [7, 11) is -3.11. The summed E-state index contributed by atoms with van der Waals surface area (Å²) in [5.74, 6) is 0.146. The van der Waals surface area contributed by atoms with E-state index in [2.05, 4.69) is 4.72 Å². The van der Waals surface area contributed by atoms with Gasteiger partial charge in [-0.1, -0.05) is 6.92 Å². The minimum Gasteiger partial charge on any atom is -0.394 e. The van der Waals surface area contributed by atoms with E-state index < -0.39 is 10.0 Å². The summed E-state index contributed by atoms with van der Waals surface area (Å²) >= 11 is 0. The highest BCUT2D eigenvalue weighted by Gasteiger charge is 2.06. The number of aliphatic hydroxyl groups is 1. The van der Waals surface area contributed by atoms with Gasteiger partial charge in [-0.15, -0.1) is 0 Å². The van der Waals surface area contributed by atoms with Crippen LogP contribution in [0.1, 0.15) is 13.3 Å². The fourth-order valence-electron chi connectivity index (χ4n) is 0.777. The average Bonchev–Trinajstić information content (AvgIpc) is 2.04. The lowest BCUT2D eigenvalue weighted by molar-refractivity contribution is 0.0961. The SMILES string of the molecule is CCCS(=O)(=O)NCCOCCO. The van der Waals surface area contributed by atoms with Crippen LogP contribution in [0.4, 0.5) is 0 Å². The molecule has 0 rings (SSSR count). The van der Waals surface area contributed by atoms with Crippen molar-refractivity contribution in [1.29, 1.82) is 0 Å².